The number of carbonyl (C=O) groups excluding carboxylic acids is 1. The number of carbonyl (C=O) groups is 1. The fourth-order valence-electron chi connectivity index (χ4n) is 2.69. The number of amides is 2. The second kappa shape index (κ2) is 8.34. The van der Waals surface area contributed by atoms with E-state index in [1.54, 1.807) is 30.2 Å². The Morgan fingerprint density at radius 3 is 2.83 bits per heavy atom. The van der Waals surface area contributed by atoms with Gasteiger partial charge in [0.05, 0.1) is 24.7 Å². The van der Waals surface area contributed by atoms with Gasteiger partial charge in [0.25, 0.3) is 0 Å². The fourth-order valence-corrected chi connectivity index (χ4v) is 4.42. The normalized spacial score (nSPS) is 19.0. The molecule has 1 heterocycles. The third-order valence-electron chi connectivity index (χ3n) is 3.84. The zero-order valence-electron chi connectivity index (χ0n) is 14.0. The highest BCUT2D eigenvalue weighted by Crippen LogP contribution is 2.21. The van der Waals surface area contributed by atoms with E-state index < -0.39 is 9.84 Å². The standard InChI is InChI=1S/C16H24N2O5S/c1-3-23-15-6-4-5-13(11-15)17-16(19)18(8-9-22-2)14-7-10-24(20,21)12-14/h4-6,11,14H,3,7-10,12H2,1-2H3,(H,17,19)/t14-/m0/s1. The predicted molar refractivity (Wildman–Crippen MR) is 92.3 cm³/mol. The quantitative estimate of drug-likeness (QED) is 0.804. The number of anilines is 1. The lowest BCUT2D eigenvalue weighted by molar-refractivity contribution is 0.140. The van der Waals surface area contributed by atoms with Crippen LogP contribution in [0.4, 0.5) is 10.5 Å². The minimum absolute atomic E-state index is 0.00310. The van der Waals surface area contributed by atoms with Crippen LogP contribution in [0.15, 0.2) is 24.3 Å². The van der Waals surface area contributed by atoms with Crippen LogP contribution in [0.5, 0.6) is 5.75 Å². The van der Waals surface area contributed by atoms with Gasteiger partial charge in [-0.2, -0.15) is 0 Å². The Morgan fingerprint density at radius 2 is 2.21 bits per heavy atom. The van der Waals surface area contributed by atoms with Crippen LogP contribution in [0, 0.1) is 0 Å². The van der Waals surface area contributed by atoms with Crippen molar-refractivity contribution < 1.29 is 22.7 Å². The Balaban J connectivity index is 2.08. The maximum absolute atomic E-state index is 12.6. The molecule has 0 saturated carbocycles. The van der Waals surface area contributed by atoms with Gasteiger partial charge in [0.15, 0.2) is 9.84 Å². The summed E-state index contributed by atoms with van der Waals surface area (Å²) in [6.45, 7) is 3.12. The molecule has 0 aromatic heterocycles. The lowest BCUT2D eigenvalue weighted by atomic mass is 10.2. The molecule has 0 unspecified atom stereocenters. The van der Waals surface area contributed by atoms with Gasteiger partial charge in [-0.1, -0.05) is 6.07 Å². The van der Waals surface area contributed by atoms with Crippen LogP contribution in [0.2, 0.25) is 0 Å². The highest BCUT2D eigenvalue weighted by atomic mass is 32.2. The van der Waals surface area contributed by atoms with E-state index in [0.717, 1.165) is 0 Å². The first-order chi connectivity index (χ1) is 11.4. The molecule has 8 heteroatoms. The summed E-state index contributed by atoms with van der Waals surface area (Å²) in [5.74, 6) is 0.791. The average Bonchev–Trinajstić information content (AvgIpc) is 2.88. The second-order valence-electron chi connectivity index (χ2n) is 5.63. The third kappa shape index (κ3) is 5.10. The third-order valence-corrected chi connectivity index (χ3v) is 5.59. The molecule has 1 aromatic carbocycles. The number of benzene rings is 1. The molecule has 0 bridgehead atoms. The number of urea groups is 1. The molecule has 1 aliphatic rings. The van der Waals surface area contributed by atoms with Crippen molar-refractivity contribution in [3.8, 4) is 5.75 Å². The predicted octanol–water partition coefficient (Wildman–Crippen LogP) is 1.75. The molecule has 7 nitrogen and oxygen atoms in total. The highest BCUT2D eigenvalue weighted by Gasteiger charge is 2.34. The smallest absolute Gasteiger partial charge is 0.322 e. The topological polar surface area (TPSA) is 84.9 Å². The first kappa shape index (κ1) is 18.5. The summed E-state index contributed by atoms with van der Waals surface area (Å²) in [6.07, 6.45) is 0.457. The molecule has 1 N–H and O–H groups in total. The molecule has 1 aliphatic heterocycles. The maximum atomic E-state index is 12.6. The molecule has 2 amide bonds. The van der Waals surface area contributed by atoms with E-state index in [4.69, 9.17) is 9.47 Å². The Bertz CT molecular complexity index is 662. The molecule has 0 spiro atoms. The number of methoxy groups -OCH3 is 1. The van der Waals surface area contributed by atoms with Crippen LogP contribution in [-0.2, 0) is 14.6 Å². The van der Waals surface area contributed by atoms with Crippen molar-refractivity contribution in [2.24, 2.45) is 0 Å². The number of nitrogens with one attached hydrogen (secondary N) is 1. The van der Waals surface area contributed by atoms with E-state index in [0.29, 0.717) is 37.6 Å². The minimum atomic E-state index is -3.07. The molecule has 1 atom stereocenters. The molecule has 134 valence electrons. The number of sulfone groups is 1. The maximum Gasteiger partial charge on any atom is 0.322 e. The van der Waals surface area contributed by atoms with Gasteiger partial charge in [-0.05, 0) is 25.5 Å². The minimum Gasteiger partial charge on any atom is -0.494 e. The Hall–Kier alpha value is -1.80. The molecule has 0 radical (unpaired) electrons. The molecular weight excluding hydrogens is 332 g/mol. The lowest BCUT2D eigenvalue weighted by Crippen LogP contribution is -2.45. The Labute approximate surface area is 142 Å². The molecule has 24 heavy (non-hydrogen) atoms. The van der Waals surface area contributed by atoms with Crippen molar-refractivity contribution in [1.82, 2.24) is 4.90 Å². The molecule has 0 aliphatic carbocycles. The van der Waals surface area contributed by atoms with E-state index in [1.807, 2.05) is 13.0 Å². The Kier molecular flexibility index (Phi) is 6.44. The van der Waals surface area contributed by atoms with Crippen molar-refractivity contribution in [3.63, 3.8) is 0 Å². The molecule has 1 fully saturated rings. The zero-order valence-corrected chi connectivity index (χ0v) is 14.8. The molecule has 2 rings (SSSR count). The number of nitrogens with zero attached hydrogens (tertiary/aromatic N) is 1. The monoisotopic (exact) mass is 356 g/mol. The van der Waals surface area contributed by atoms with Crippen LogP contribution < -0.4 is 10.1 Å². The largest absolute Gasteiger partial charge is 0.494 e. The average molecular weight is 356 g/mol. The van der Waals surface area contributed by atoms with Gasteiger partial charge in [0.1, 0.15) is 5.75 Å². The summed E-state index contributed by atoms with van der Waals surface area (Å²) < 4.78 is 33.9. The summed E-state index contributed by atoms with van der Waals surface area (Å²) >= 11 is 0. The zero-order chi connectivity index (χ0) is 17.6. The van der Waals surface area contributed by atoms with Gasteiger partial charge in [0.2, 0.25) is 0 Å². The fraction of sp³-hybridized carbons (Fsp3) is 0.562. The number of ether oxygens (including phenoxy) is 2. The Morgan fingerprint density at radius 1 is 1.42 bits per heavy atom. The van der Waals surface area contributed by atoms with Crippen LogP contribution in [0.3, 0.4) is 0 Å². The van der Waals surface area contributed by atoms with Crippen molar-refractivity contribution in [3.05, 3.63) is 24.3 Å². The lowest BCUT2D eigenvalue weighted by Gasteiger charge is -2.28. The molecular formula is C16H24N2O5S. The number of hydrogen-bond acceptors (Lipinski definition) is 5. The van der Waals surface area contributed by atoms with Gasteiger partial charge < -0.3 is 19.7 Å². The summed E-state index contributed by atoms with van der Waals surface area (Å²) in [5, 5.41) is 2.81. The second-order valence-corrected chi connectivity index (χ2v) is 7.86. The van der Waals surface area contributed by atoms with Crippen molar-refractivity contribution in [2.45, 2.75) is 19.4 Å². The van der Waals surface area contributed by atoms with Gasteiger partial charge in [-0.3, -0.25) is 0 Å². The van der Waals surface area contributed by atoms with E-state index in [-0.39, 0.29) is 23.6 Å². The SMILES string of the molecule is CCOc1cccc(NC(=O)N(CCOC)[C@H]2CCS(=O)(=O)C2)c1. The van der Waals surface area contributed by atoms with Gasteiger partial charge in [-0.15, -0.1) is 0 Å². The first-order valence-corrected chi connectivity index (χ1v) is 9.77. The first-order valence-electron chi connectivity index (χ1n) is 7.95. The van der Waals surface area contributed by atoms with E-state index in [2.05, 4.69) is 5.32 Å². The number of rotatable bonds is 7. The van der Waals surface area contributed by atoms with Crippen LogP contribution in [0.1, 0.15) is 13.3 Å². The highest BCUT2D eigenvalue weighted by molar-refractivity contribution is 7.91. The summed E-state index contributed by atoms with van der Waals surface area (Å²) in [5.41, 5.74) is 0.606. The van der Waals surface area contributed by atoms with Crippen molar-refractivity contribution in [1.29, 1.82) is 0 Å². The van der Waals surface area contributed by atoms with Crippen LogP contribution in [0.25, 0.3) is 0 Å². The van der Waals surface area contributed by atoms with Gasteiger partial charge in [-0.25, -0.2) is 13.2 Å². The van der Waals surface area contributed by atoms with E-state index in [9.17, 15) is 13.2 Å². The van der Waals surface area contributed by atoms with Crippen LogP contribution >= 0.6 is 0 Å². The molecule has 1 saturated heterocycles. The summed E-state index contributed by atoms with van der Waals surface area (Å²) in [7, 11) is -1.52. The van der Waals surface area contributed by atoms with Crippen molar-refractivity contribution >= 4 is 21.6 Å². The number of hydrogen-bond donors (Lipinski definition) is 1. The van der Waals surface area contributed by atoms with Gasteiger partial charge in [0, 0.05) is 31.5 Å². The van der Waals surface area contributed by atoms with E-state index >= 15 is 0 Å². The molecule has 1 aromatic rings. The van der Waals surface area contributed by atoms with Crippen LogP contribution in [-0.4, -0.2) is 63.8 Å². The van der Waals surface area contributed by atoms with E-state index in [1.165, 1.54) is 0 Å². The van der Waals surface area contributed by atoms with Gasteiger partial charge >= 0.3 is 6.03 Å². The summed E-state index contributed by atoms with van der Waals surface area (Å²) in [6, 6.07) is 6.45. The summed E-state index contributed by atoms with van der Waals surface area (Å²) in [4.78, 5) is 14.2. The van der Waals surface area contributed by atoms with Crippen molar-refractivity contribution in [2.75, 3.05) is 43.7 Å².